The molecule has 1 heterocycles. The second-order valence-corrected chi connectivity index (χ2v) is 2.84. The molecule has 0 aliphatic carbocycles. The van der Waals surface area contributed by atoms with Gasteiger partial charge in [0.05, 0.1) is 10.9 Å². The molecule has 2 nitrogen and oxygen atoms in total. The lowest BCUT2D eigenvalue weighted by Gasteiger charge is -1.92. The Morgan fingerprint density at radius 1 is 1.42 bits per heavy atom. The predicted octanol–water partition coefficient (Wildman–Crippen LogP) is 2.02. The van der Waals surface area contributed by atoms with E-state index in [9.17, 15) is 4.39 Å². The number of benzene rings is 1. The zero-order valence-corrected chi connectivity index (χ0v) is 7.00. The van der Waals surface area contributed by atoms with Gasteiger partial charge in [-0.1, -0.05) is 6.07 Å². The number of halogens is 1. The minimum Gasteiger partial charge on any atom is -0.272 e. The molecule has 1 aromatic carbocycles. The van der Waals surface area contributed by atoms with E-state index in [0.717, 1.165) is 11.2 Å². The fourth-order valence-corrected chi connectivity index (χ4v) is 1.35. The zero-order chi connectivity index (χ0) is 8.72. The molecule has 12 heavy (non-hydrogen) atoms. The summed E-state index contributed by atoms with van der Waals surface area (Å²) >= 11 is 0. The normalized spacial score (nSPS) is 10.9. The first kappa shape index (κ1) is 7.28. The fraction of sp³-hybridized carbons (Fsp3) is 0.222. The molecule has 0 radical (unpaired) electrons. The van der Waals surface area contributed by atoms with Crippen molar-refractivity contribution in [2.75, 3.05) is 0 Å². The van der Waals surface area contributed by atoms with Gasteiger partial charge in [-0.25, -0.2) is 4.39 Å². The van der Waals surface area contributed by atoms with Crippen molar-refractivity contribution in [3.63, 3.8) is 0 Å². The van der Waals surface area contributed by atoms with Gasteiger partial charge in [0.15, 0.2) is 0 Å². The molecular formula is C9H9FN2. The van der Waals surface area contributed by atoms with E-state index in [1.54, 1.807) is 10.7 Å². The van der Waals surface area contributed by atoms with Gasteiger partial charge in [-0.15, -0.1) is 0 Å². The number of nitrogens with zero attached hydrogens (tertiary/aromatic N) is 2. The van der Waals surface area contributed by atoms with Crippen molar-refractivity contribution in [3.8, 4) is 0 Å². The molecule has 2 rings (SSSR count). The molecule has 0 saturated heterocycles. The lowest BCUT2D eigenvalue weighted by molar-refractivity contribution is 0.638. The lowest BCUT2D eigenvalue weighted by atomic mass is 10.2. The van der Waals surface area contributed by atoms with Gasteiger partial charge in [0.2, 0.25) is 0 Å². The second-order valence-electron chi connectivity index (χ2n) is 2.84. The highest BCUT2D eigenvalue weighted by atomic mass is 19.1. The summed E-state index contributed by atoms with van der Waals surface area (Å²) < 4.78 is 14.9. The summed E-state index contributed by atoms with van der Waals surface area (Å²) in [6, 6.07) is 4.94. The van der Waals surface area contributed by atoms with E-state index in [1.165, 1.54) is 6.07 Å². The molecule has 0 aliphatic rings. The van der Waals surface area contributed by atoms with Crippen LogP contribution in [0.3, 0.4) is 0 Å². The monoisotopic (exact) mass is 164 g/mol. The van der Waals surface area contributed by atoms with E-state index in [0.29, 0.717) is 5.39 Å². The molecule has 0 fully saturated rings. The molecular weight excluding hydrogens is 155 g/mol. The van der Waals surface area contributed by atoms with Crippen LogP contribution in [-0.4, -0.2) is 9.78 Å². The number of hydrogen-bond donors (Lipinski definition) is 0. The highest BCUT2D eigenvalue weighted by Gasteiger charge is 2.07. The van der Waals surface area contributed by atoms with Gasteiger partial charge >= 0.3 is 0 Å². The number of fused-ring (bicyclic) bond motifs is 1. The summed E-state index contributed by atoms with van der Waals surface area (Å²) in [5.41, 5.74) is 1.58. The average Bonchev–Trinajstić information content (AvgIpc) is 2.29. The zero-order valence-electron chi connectivity index (χ0n) is 7.00. The first-order valence-electron chi connectivity index (χ1n) is 3.78. The van der Waals surface area contributed by atoms with Crippen LogP contribution in [0, 0.1) is 12.7 Å². The van der Waals surface area contributed by atoms with Gasteiger partial charge in [-0.2, -0.15) is 5.10 Å². The molecule has 3 heteroatoms. The van der Waals surface area contributed by atoms with Gasteiger partial charge in [0, 0.05) is 12.7 Å². The number of hydrogen-bond acceptors (Lipinski definition) is 1. The number of aromatic nitrogens is 2. The number of rotatable bonds is 0. The van der Waals surface area contributed by atoms with Crippen LogP contribution in [0.2, 0.25) is 0 Å². The van der Waals surface area contributed by atoms with Crippen LogP contribution in [0.5, 0.6) is 0 Å². The quantitative estimate of drug-likeness (QED) is 0.582. The Labute approximate surface area is 69.6 Å². The molecule has 0 unspecified atom stereocenters. The summed E-state index contributed by atoms with van der Waals surface area (Å²) in [4.78, 5) is 0. The topological polar surface area (TPSA) is 17.8 Å². The third-order valence-corrected chi connectivity index (χ3v) is 2.10. The van der Waals surface area contributed by atoms with E-state index < -0.39 is 0 Å². The number of aryl methyl sites for hydroxylation is 2. The van der Waals surface area contributed by atoms with Crippen LogP contribution in [0.4, 0.5) is 4.39 Å². The van der Waals surface area contributed by atoms with E-state index in [4.69, 9.17) is 0 Å². The lowest BCUT2D eigenvalue weighted by Crippen LogP contribution is -1.91. The Bertz CT molecular complexity index is 431. The van der Waals surface area contributed by atoms with E-state index >= 15 is 0 Å². The van der Waals surface area contributed by atoms with Crippen LogP contribution in [0.1, 0.15) is 5.69 Å². The molecule has 1 aromatic heterocycles. The van der Waals surface area contributed by atoms with Crippen LogP contribution < -0.4 is 0 Å². The average molecular weight is 164 g/mol. The summed E-state index contributed by atoms with van der Waals surface area (Å²) in [6.45, 7) is 1.86. The van der Waals surface area contributed by atoms with Crippen molar-refractivity contribution in [1.82, 2.24) is 9.78 Å². The Balaban J connectivity index is 2.97. The standard InChI is InChI=1S/C9H9FN2/c1-6-9-7(10)4-3-5-8(9)11-12(6)2/h3-5H,1-2H3. The van der Waals surface area contributed by atoms with Crippen molar-refractivity contribution in [1.29, 1.82) is 0 Å². The Morgan fingerprint density at radius 2 is 2.17 bits per heavy atom. The molecule has 0 atom stereocenters. The minimum atomic E-state index is -0.196. The minimum absolute atomic E-state index is 0.196. The maximum atomic E-state index is 13.2. The molecule has 62 valence electrons. The molecule has 0 aliphatic heterocycles. The van der Waals surface area contributed by atoms with E-state index in [2.05, 4.69) is 5.10 Å². The maximum absolute atomic E-state index is 13.2. The second kappa shape index (κ2) is 2.30. The van der Waals surface area contributed by atoms with Crippen molar-refractivity contribution in [2.45, 2.75) is 6.92 Å². The van der Waals surface area contributed by atoms with Gasteiger partial charge in [-0.05, 0) is 19.1 Å². The molecule has 0 saturated carbocycles. The molecule has 0 N–H and O–H groups in total. The van der Waals surface area contributed by atoms with Crippen LogP contribution >= 0.6 is 0 Å². The molecule has 0 bridgehead atoms. The fourth-order valence-electron chi connectivity index (χ4n) is 1.35. The summed E-state index contributed by atoms with van der Waals surface area (Å²) in [7, 11) is 1.81. The Morgan fingerprint density at radius 3 is 2.83 bits per heavy atom. The van der Waals surface area contributed by atoms with Crippen LogP contribution in [0.15, 0.2) is 18.2 Å². The third kappa shape index (κ3) is 0.826. The highest BCUT2D eigenvalue weighted by molar-refractivity contribution is 5.81. The molecule has 0 amide bonds. The van der Waals surface area contributed by atoms with Crippen molar-refractivity contribution in [3.05, 3.63) is 29.7 Å². The summed E-state index contributed by atoms with van der Waals surface area (Å²) in [5, 5.41) is 4.78. The first-order valence-corrected chi connectivity index (χ1v) is 3.78. The SMILES string of the molecule is Cc1c2c(F)cccc2nn1C. The van der Waals surface area contributed by atoms with Crippen LogP contribution in [0.25, 0.3) is 10.9 Å². The van der Waals surface area contributed by atoms with E-state index in [-0.39, 0.29) is 5.82 Å². The largest absolute Gasteiger partial charge is 0.272 e. The Kier molecular flexibility index (Phi) is 1.40. The third-order valence-electron chi connectivity index (χ3n) is 2.10. The smallest absolute Gasteiger partial charge is 0.134 e. The Hall–Kier alpha value is -1.38. The van der Waals surface area contributed by atoms with Gasteiger partial charge in [0.25, 0.3) is 0 Å². The highest BCUT2D eigenvalue weighted by Crippen LogP contribution is 2.19. The summed E-state index contributed by atoms with van der Waals surface area (Å²) in [6.07, 6.45) is 0. The van der Waals surface area contributed by atoms with Crippen LogP contribution in [-0.2, 0) is 7.05 Å². The van der Waals surface area contributed by atoms with Crippen molar-refractivity contribution < 1.29 is 4.39 Å². The van der Waals surface area contributed by atoms with Gasteiger partial charge in [-0.3, -0.25) is 4.68 Å². The maximum Gasteiger partial charge on any atom is 0.134 e. The predicted molar refractivity (Wildman–Crippen MR) is 45.4 cm³/mol. The summed E-state index contributed by atoms with van der Waals surface area (Å²) in [5.74, 6) is -0.196. The van der Waals surface area contributed by atoms with Gasteiger partial charge < -0.3 is 0 Å². The molecule has 0 spiro atoms. The van der Waals surface area contributed by atoms with Crippen molar-refractivity contribution in [2.24, 2.45) is 7.05 Å². The first-order chi connectivity index (χ1) is 5.70. The molecule has 2 aromatic rings. The van der Waals surface area contributed by atoms with Crippen molar-refractivity contribution >= 4 is 10.9 Å². The van der Waals surface area contributed by atoms with E-state index in [1.807, 2.05) is 20.0 Å². The van der Waals surface area contributed by atoms with Gasteiger partial charge in [0.1, 0.15) is 5.82 Å².